The summed E-state index contributed by atoms with van der Waals surface area (Å²) in [5.41, 5.74) is 0.949. The van der Waals surface area contributed by atoms with Crippen molar-refractivity contribution in [1.82, 2.24) is 15.2 Å². The topological polar surface area (TPSA) is 61.9 Å². The fourth-order valence-electron chi connectivity index (χ4n) is 2.13. The molecule has 2 heterocycles. The molecule has 20 heavy (non-hydrogen) atoms. The van der Waals surface area contributed by atoms with Crippen LogP contribution in [0.1, 0.15) is 36.2 Å². The first-order chi connectivity index (χ1) is 9.66. The van der Waals surface area contributed by atoms with E-state index in [1.165, 1.54) is 0 Å². The molecule has 0 radical (unpaired) electrons. The monoisotopic (exact) mass is 288 g/mol. The number of hydrogen-bond donors (Lipinski definition) is 1. The second-order valence-electron chi connectivity index (χ2n) is 4.97. The van der Waals surface area contributed by atoms with E-state index in [0.717, 1.165) is 22.2 Å². The summed E-state index contributed by atoms with van der Waals surface area (Å²) >= 11 is 1.77. The van der Waals surface area contributed by atoms with Crippen LogP contribution >= 0.6 is 11.8 Å². The molecule has 1 aliphatic rings. The minimum atomic E-state index is -0.138. The first-order valence-electron chi connectivity index (χ1n) is 6.63. The largest absolute Gasteiger partial charge is 0.304 e. The molecule has 0 atom stereocenters. The fraction of sp³-hybridized carbons (Fsp3) is 0.357. The lowest BCUT2D eigenvalue weighted by Crippen LogP contribution is -2.36. The van der Waals surface area contributed by atoms with E-state index in [9.17, 15) is 4.79 Å². The Morgan fingerprint density at radius 1 is 1.40 bits per heavy atom. The van der Waals surface area contributed by atoms with Gasteiger partial charge in [0.2, 0.25) is 5.82 Å². The van der Waals surface area contributed by atoms with Crippen molar-refractivity contribution in [2.75, 3.05) is 17.2 Å². The van der Waals surface area contributed by atoms with Gasteiger partial charge in [0, 0.05) is 23.1 Å². The molecule has 0 saturated carbocycles. The average molecular weight is 288 g/mol. The summed E-state index contributed by atoms with van der Waals surface area (Å²) in [6.07, 6.45) is 0. The van der Waals surface area contributed by atoms with E-state index < -0.39 is 0 Å². The number of para-hydroxylation sites is 1. The van der Waals surface area contributed by atoms with Gasteiger partial charge in [-0.25, -0.2) is 4.98 Å². The molecule has 104 valence electrons. The van der Waals surface area contributed by atoms with Crippen molar-refractivity contribution in [3.8, 4) is 0 Å². The molecule has 0 unspecified atom stereocenters. The van der Waals surface area contributed by atoms with Crippen molar-refractivity contribution in [2.24, 2.45) is 0 Å². The van der Waals surface area contributed by atoms with Crippen molar-refractivity contribution in [3.05, 3.63) is 35.9 Å². The average Bonchev–Trinajstić information content (AvgIpc) is 2.96. The summed E-state index contributed by atoms with van der Waals surface area (Å²) < 4.78 is 0. The lowest BCUT2D eigenvalue weighted by molar-refractivity contribution is 0.0978. The number of fused-ring (bicyclic) bond motifs is 1. The van der Waals surface area contributed by atoms with Gasteiger partial charge in [0.15, 0.2) is 0 Å². The zero-order valence-corrected chi connectivity index (χ0v) is 12.3. The van der Waals surface area contributed by atoms with E-state index in [1.807, 2.05) is 38.1 Å². The highest BCUT2D eigenvalue weighted by atomic mass is 32.2. The molecule has 0 saturated heterocycles. The maximum absolute atomic E-state index is 12.6. The van der Waals surface area contributed by atoms with Gasteiger partial charge in [-0.1, -0.05) is 26.0 Å². The number of carbonyl (C=O) groups excluding carboxylic acids is 1. The van der Waals surface area contributed by atoms with E-state index in [-0.39, 0.29) is 17.6 Å². The Balaban J connectivity index is 1.91. The summed E-state index contributed by atoms with van der Waals surface area (Å²) in [5.74, 6) is 1.97. The van der Waals surface area contributed by atoms with Crippen LogP contribution in [-0.2, 0) is 0 Å². The Bertz CT molecular complexity index is 638. The maximum atomic E-state index is 12.6. The van der Waals surface area contributed by atoms with Crippen LogP contribution in [0.3, 0.4) is 0 Å². The normalized spacial score (nSPS) is 14.4. The number of nitrogens with one attached hydrogen (secondary N) is 1. The SMILES string of the molecule is CC(C)c1nc(C(=O)N2CCSc3ccccc32)n[nH]1. The lowest BCUT2D eigenvalue weighted by atomic mass is 10.2. The van der Waals surface area contributed by atoms with Crippen LogP contribution in [-0.4, -0.2) is 33.4 Å². The molecule has 0 fully saturated rings. The second kappa shape index (κ2) is 5.28. The number of aromatic amines is 1. The summed E-state index contributed by atoms with van der Waals surface area (Å²) in [6, 6.07) is 7.94. The molecule has 0 bridgehead atoms. The van der Waals surface area contributed by atoms with Crippen LogP contribution in [0.4, 0.5) is 5.69 Å². The van der Waals surface area contributed by atoms with Gasteiger partial charge in [-0.15, -0.1) is 16.9 Å². The van der Waals surface area contributed by atoms with Crippen LogP contribution < -0.4 is 4.90 Å². The van der Waals surface area contributed by atoms with E-state index in [4.69, 9.17) is 0 Å². The van der Waals surface area contributed by atoms with Crippen molar-refractivity contribution >= 4 is 23.4 Å². The van der Waals surface area contributed by atoms with Crippen molar-refractivity contribution < 1.29 is 4.79 Å². The van der Waals surface area contributed by atoms with Gasteiger partial charge in [-0.3, -0.25) is 9.89 Å². The summed E-state index contributed by atoms with van der Waals surface area (Å²) in [7, 11) is 0. The van der Waals surface area contributed by atoms with Crippen LogP contribution in [0.2, 0.25) is 0 Å². The predicted octanol–water partition coefficient (Wildman–Crippen LogP) is 2.68. The number of H-pyrrole nitrogens is 1. The van der Waals surface area contributed by atoms with E-state index in [1.54, 1.807) is 16.7 Å². The van der Waals surface area contributed by atoms with Crippen molar-refractivity contribution in [1.29, 1.82) is 0 Å². The molecular weight excluding hydrogens is 272 g/mol. The van der Waals surface area contributed by atoms with Crippen molar-refractivity contribution in [3.63, 3.8) is 0 Å². The number of anilines is 1. The molecule has 0 spiro atoms. The zero-order chi connectivity index (χ0) is 14.1. The molecule has 0 aliphatic carbocycles. The molecule has 1 N–H and O–H groups in total. The molecule has 2 aromatic rings. The third-order valence-electron chi connectivity index (χ3n) is 3.21. The van der Waals surface area contributed by atoms with Gasteiger partial charge < -0.3 is 4.90 Å². The number of nitrogens with zero attached hydrogens (tertiary/aromatic N) is 3. The summed E-state index contributed by atoms with van der Waals surface area (Å²) in [6.45, 7) is 4.72. The van der Waals surface area contributed by atoms with E-state index in [0.29, 0.717) is 6.54 Å². The molecule has 1 aromatic carbocycles. The zero-order valence-electron chi connectivity index (χ0n) is 11.5. The number of amides is 1. The predicted molar refractivity (Wildman–Crippen MR) is 79.3 cm³/mol. The number of benzene rings is 1. The van der Waals surface area contributed by atoms with Gasteiger partial charge in [-0.2, -0.15) is 0 Å². The molecule has 3 rings (SSSR count). The maximum Gasteiger partial charge on any atom is 0.297 e. The molecule has 1 amide bonds. The Morgan fingerprint density at radius 2 is 2.20 bits per heavy atom. The number of aromatic nitrogens is 3. The molecule has 1 aromatic heterocycles. The molecule has 5 nitrogen and oxygen atoms in total. The Labute approximate surface area is 121 Å². The van der Waals surface area contributed by atoms with Gasteiger partial charge in [0.1, 0.15) is 5.82 Å². The van der Waals surface area contributed by atoms with Crippen molar-refractivity contribution in [2.45, 2.75) is 24.7 Å². The highest BCUT2D eigenvalue weighted by molar-refractivity contribution is 7.99. The molecular formula is C14H16N4OS. The highest BCUT2D eigenvalue weighted by Crippen LogP contribution is 2.34. The molecule has 1 aliphatic heterocycles. The van der Waals surface area contributed by atoms with Crippen LogP contribution in [0, 0.1) is 0 Å². The van der Waals surface area contributed by atoms with Gasteiger partial charge >= 0.3 is 0 Å². The van der Waals surface area contributed by atoms with Crippen LogP contribution in [0.5, 0.6) is 0 Å². The highest BCUT2D eigenvalue weighted by Gasteiger charge is 2.26. The van der Waals surface area contributed by atoms with Crippen LogP contribution in [0.15, 0.2) is 29.2 Å². The Kier molecular flexibility index (Phi) is 3.48. The third-order valence-corrected chi connectivity index (χ3v) is 4.26. The van der Waals surface area contributed by atoms with Gasteiger partial charge in [0.05, 0.1) is 5.69 Å². The first kappa shape index (κ1) is 13.2. The van der Waals surface area contributed by atoms with Gasteiger partial charge in [0.25, 0.3) is 5.91 Å². The number of thioether (sulfide) groups is 1. The number of carbonyl (C=O) groups is 1. The molecule has 6 heteroatoms. The summed E-state index contributed by atoms with van der Waals surface area (Å²) in [5, 5.41) is 6.89. The first-order valence-corrected chi connectivity index (χ1v) is 7.61. The second-order valence-corrected chi connectivity index (χ2v) is 6.11. The Hall–Kier alpha value is -1.82. The lowest BCUT2D eigenvalue weighted by Gasteiger charge is -2.27. The fourth-order valence-corrected chi connectivity index (χ4v) is 3.12. The standard InChI is InChI=1S/C14H16N4OS/c1-9(2)12-15-13(17-16-12)14(19)18-7-8-20-11-6-4-3-5-10(11)18/h3-6,9H,7-8H2,1-2H3,(H,15,16,17). The van der Waals surface area contributed by atoms with Gasteiger partial charge in [-0.05, 0) is 12.1 Å². The van der Waals surface area contributed by atoms with Crippen LogP contribution in [0.25, 0.3) is 0 Å². The number of rotatable bonds is 2. The number of hydrogen-bond acceptors (Lipinski definition) is 4. The third kappa shape index (κ3) is 2.31. The minimum absolute atomic E-state index is 0.138. The Morgan fingerprint density at radius 3 is 2.95 bits per heavy atom. The minimum Gasteiger partial charge on any atom is -0.304 e. The van der Waals surface area contributed by atoms with E-state index in [2.05, 4.69) is 15.2 Å². The van der Waals surface area contributed by atoms with E-state index >= 15 is 0 Å². The summed E-state index contributed by atoms with van der Waals surface area (Å²) in [4.78, 5) is 19.8. The smallest absolute Gasteiger partial charge is 0.297 e. The quantitative estimate of drug-likeness (QED) is 0.923.